The lowest BCUT2D eigenvalue weighted by atomic mass is 10.2. The molecule has 0 spiro atoms. The van der Waals surface area contributed by atoms with E-state index in [1.54, 1.807) is 0 Å². The Kier molecular flexibility index (Phi) is 3.04. The third-order valence-corrected chi connectivity index (χ3v) is 1.75. The van der Waals surface area contributed by atoms with E-state index in [0.717, 1.165) is 0 Å². The van der Waals surface area contributed by atoms with E-state index < -0.39 is 5.97 Å². The summed E-state index contributed by atoms with van der Waals surface area (Å²) in [4.78, 5) is 20.8. The molecule has 68 valence electrons. The number of nitrogens with one attached hydrogen (secondary N) is 2. The summed E-state index contributed by atoms with van der Waals surface area (Å²) in [6, 6.07) is 0.108. The maximum atomic E-state index is 10.7. The number of hydrogen-bond acceptors (Lipinski definition) is 3. The molecule has 1 heterocycles. The highest BCUT2D eigenvalue weighted by molar-refractivity contribution is 5.78. The lowest BCUT2D eigenvalue weighted by molar-refractivity contribution is -0.136. The average molecular weight is 172 g/mol. The molecule has 0 aromatic heterocycles. The van der Waals surface area contributed by atoms with E-state index in [0.29, 0.717) is 19.5 Å². The zero-order valence-corrected chi connectivity index (χ0v) is 6.67. The van der Waals surface area contributed by atoms with Gasteiger partial charge in [-0.05, 0) is 0 Å². The van der Waals surface area contributed by atoms with Crippen LogP contribution in [-0.4, -0.2) is 36.1 Å². The maximum absolute atomic E-state index is 10.7. The number of carboxylic acids is 1. The van der Waals surface area contributed by atoms with E-state index in [4.69, 9.17) is 5.11 Å². The fourth-order valence-corrected chi connectivity index (χ4v) is 1.13. The van der Waals surface area contributed by atoms with Gasteiger partial charge in [-0.2, -0.15) is 0 Å². The quantitative estimate of drug-likeness (QED) is 0.505. The third kappa shape index (κ3) is 2.87. The molecule has 1 unspecified atom stereocenters. The van der Waals surface area contributed by atoms with Gasteiger partial charge in [-0.15, -0.1) is 0 Å². The minimum Gasteiger partial charge on any atom is -0.481 e. The minimum atomic E-state index is -0.820. The number of amides is 1. The summed E-state index contributed by atoms with van der Waals surface area (Å²) in [6.07, 6.45) is 0.560. The molecule has 1 aliphatic rings. The van der Waals surface area contributed by atoms with Crippen molar-refractivity contribution in [2.24, 2.45) is 0 Å². The molecular weight excluding hydrogens is 160 g/mol. The van der Waals surface area contributed by atoms with Gasteiger partial charge >= 0.3 is 5.97 Å². The van der Waals surface area contributed by atoms with Crippen LogP contribution in [0, 0.1) is 0 Å². The number of carboxylic acid groups (broad SMARTS) is 1. The zero-order valence-electron chi connectivity index (χ0n) is 6.67. The summed E-state index contributed by atoms with van der Waals surface area (Å²) in [5.41, 5.74) is 0. The highest BCUT2D eigenvalue weighted by Gasteiger charge is 2.20. The molecule has 1 fully saturated rings. The molecule has 0 bridgehead atoms. The van der Waals surface area contributed by atoms with Gasteiger partial charge in [0.25, 0.3) is 0 Å². The molecule has 0 aromatic rings. The van der Waals surface area contributed by atoms with Crippen LogP contribution >= 0.6 is 0 Å². The largest absolute Gasteiger partial charge is 0.481 e. The maximum Gasteiger partial charge on any atom is 0.304 e. The summed E-state index contributed by atoms with van der Waals surface area (Å²) in [6.45, 7) is 1.04. The Labute approximate surface area is 70.1 Å². The SMILES string of the molecule is O=C(O)CCNC1CNC(=O)C1. The summed E-state index contributed by atoms with van der Waals surface area (Å²) in [7, 11) is 0. The molecule has 3 N–H and O–H groups in total. The fourth-order valence-electron chi connectivity index (χ4n) is 1.13. The van der Waals surface area contributed by atoms with E-state index in [9.17, 15) is 9.59 Å². The first-order valence-electron chi connectivity index (χ1n) is 3.90. The van der Waals surface area contributed by atoms with Gasteiger partial charge in [0.2, 0.25) is 5.91 Å². The van der Waals surface area contributed by atoms with Gasteiger partial charge in [-0.1, -0.05) is 0 Å². The summed E-state index contributed by atoms with van der Waals surface area (Å²) < 4.78 is 0. The van der Waals surface area contributed by atoms with Crippen molar-refractivity contribution in [3.8, 4) is 0 Å². The van der Waals surface area contributed by atoms with E-state index >= 15 is 0 Å². The Morgan fingerprint density at radius 3 is 3.00 bits per heavy atom. The van der Waals surface area contributed by atoms with Gasteiger partial charge in [0.15, 0.2) is 0 Å². The normalized spacial score (nSPS) is 22.3. The first-order valence-corrected chi connectivity index (χ1v) is 3.90. The number of rotatable bonds is 4. The van der Waals surface area contributed by atoms with Crippen LogP contribution in [0.1, 0.15) is 12.8 Å². The van der Waals surface area contributed by atoms with E-state index in [2.05, 4.69) is 10.6 Å². The highest BCUT2D eigenvalue weighted by Crippen LogP contribution is 1.98. The Morgan fingerprint density at radius 2 is 2.50 bits per heavy atom. The minimum absolute atomic E-state index is 0.0304. The molecule has 1 rings (SSSR count). The van der Waals surface area contributed by atoms with E-state index in [1.807, 2.05) is 0 Å². The molecule has 1 aliphatic heterocycles. The lowest BCUT2D eigenvalue weighted by Crippen LogP contribution is -2.32. The molecule has 0 aromatic carbocycles. The molecule has 0 saturated carbocycles. The Balaban J connectivity index is 2.08. The van der Waals surface area contributed by atoms with Crippen LogP contribution in [0.25, 0.3) is 0 Å². The monoisotopic (exact) mass is 172 g/mol. The molecule has 0 radical (unpaired) electrons. The standard InChI is InChI=1S/C7H12N2O3/c10-6-3-5(4-9-6)8-2-1-7(11)12/h5,8H,1-4H2,(H,9,10)(H,11,12). The second kappa shape index (κ2) is 4.06. The Morgan fingerprint density at radius 1 is 1.75 bits per heavy atom. The van der Waals surface area contributed by atoms with Gasteiger partial charge in [0, 0.05) is 25.6 Å². The van der Waals surface area contributed by atoms with Crippen molar-refractivity contribution in [1.82, 2.24) is 10.6 Å². The molecule has 5 heteroatoms. The summed E-state index contributed by atoms with van der Waals surface area (Å²) in [5, 5.41) is 14.0. The van der Waals surface area contributed by atoms with Gasteiger partial charge in [-0.25, -0.2) is 0 Å². The summed E-state index contributed by atoms with van der Waals surface area (Å²) in [5.74, 6) is -0.789. The van der Waals surface area contributed by atoms with Crippen molar-refractivity contribution < 1.29 is 14.7 Å². The average Bonchev–Trinajstić information content (AvgIpc) is 2.35. The Hall–Kier alpha value is -1.10. The number of aliphatic carboxylic acids is 1. The molecule has 1 atom stereocenters. The predicted molar refractivity (Wildman–Crippen MR) is 41.7 cm³/mol. The zero-order chi connectivity index (χ0) is 8.97. The molecule has 0 aliphatic carbocycles. The van der Waals surface area contributed by atoms with Crippen molar-refractivity contribution in [1.29, 1.82) is 0 Å². The van der Waals surface area contributed by atoms with Gasteiger partial charge in [0.05, 0.1) is 6.42 Å². The number of carbonyl (C=O) groups excluding carboxylic acids is 1. The summed E-state index contributed by atoms with van der Waals surface area (Å²) >= 11 is 0. The van der Waals surface area contributed by atoms with Crippen LogP contribution in [0.5, 0.6) is 0 Å². The van der Waals surface area contributed by atoms with Crippen LogP contribution < -0.4 is 10.6 Å². The van der Waals surface area contributed by atoms with Crippen molar-refractivity contribution in [3.05, 3.63) is 0 Å². The third-order valence-electron chi connectivity index (χ3n) is 1.75. The van der Waals surface area contributed by atoms with Crippen LogP contribution in [-0.2, 0) is 9.59 Å². The predicted octanol–water partition coefficient (Wildman–Crippen LogP) is -1.06. The van der Waals surface area contributed by atoms with E-state index in [-0.39, 0.29) is 18.4 Å². The molecule has 5 nitrogen and oxygen atoms in total. The lowest BCUT2D eigenvalue weighted by Gasteiger charge is -2.07. The molecule has 12 heavy (non-hydrogen) atoms. The van der Waals surface area contributed by atoms with Gasteiger partial charge < -0.3 is 15.7 Å². The van der Waals surface area contributed by atoms with Crippen LogP contribution in [0.15, 0.2) is 0 Å². The first-order chi connectivity index (χ1) is 5.68. The van der Waals surface area contributed by atoms with Gasteiger partial charge in [-0.3, -0.25) is 9.59 Å². The van der Waals surface area contributed by atoms with Gasteiger partial charge in [0.1, 0.15) is 0 Å². The fraction of sp³-hybridized carbons (Fsp3) is 0.714. The van der Waals surface area contributed by atoms with Crippen LogP contribution in [0.2, 0.25) is 0 Å². The van der Waals surface area contributed by atoms with Crippen LogP contribution in [0.4, 0.5) is 0 Å². The number of carbonyl (C=O) groups is 2. The molecule has 1 saturated heterocycles. The van der Waals surface area contributed by atoms with Crippen LogP contribution in [0.3, 0.4) is 0 Å². The van der Waals surface area contributed by atoms with Crippen molar-refractivity contribution in [2.75, 3.05) is 13.1 Å². The smallest absolute Gasteiger partial charge is 0.304 e. The van der Waals surface area contributed by atoms with Crippen molar-refractivity contribution in [3.63, 3.8) is 0 Å². The second-order valence-electron chi connectivity index (χ2n) is 2.80. The molecule has 1 amide bonds. The second-order valence-corrected chi connectivity index (χ2v) is 2.80. The van der Waals surface area contributed by atoms with Crippen molar-refractivity contribution >= 4 is 11.9 Å². The Bertz CT molecular complexity index is 193. The highest BCUT2D eigenvalue weighted by atomic mass is 16.4. The first kappa shape index (κ1) is 8.99. The topological polar surface area (TPSA) is 78.4 Å². The van der Waals surface area contributed by atoms with E-state index in [1.165, 1.54) is 0 Å². The van der Waals surface area contributed by atoms with Crippen molar-refractivity contribution in [2.45, 2.75) is 18.9 Å². The number of hydrogen-bond donors (Lipinski definition) is 3. The molecular formula is C7H12N2O3.